The minimum atomic E-state index is 0. The molecule has 1 rings (SSSR count). The van der Waals surface area contributed by atoms with Crippen molar-refractivity contribution >= 4 is 12.4 Å². The fourth-order valence-electron chi connectivity index (χ4n) is 0.802. The van der Waals surface area contributed by atoms with Crippen LogP contribution in [0.4, 0.5) is 0 Å². The molecule has 0 aromatic carbocycles. The molecular formula is C5H16ClNO2. The molecule has 0 aromatic rings. The SMILES string of the molecule is C1CCNCC1.Cl.O.O. The lowest BCUT2D eigenvalue weighted by Gasteiger charge is -2.08. The quantitative estimate of drug-likeness (QED) is 0.507. The van der Waals surface area contributed by atoms with Crippen molar-refractivity contribution in [2.75, 3.05) is 13.1 Å². The van der Waals surface area contributed by atoms with Crippen LogP contribution in [0.2, 0.25) is 0 Å². The summed E-state index contributed by atoms with van der Waals surface area (Å²) < 4.78 is 0. The average Bonchev–Trinajstić information content (AvgIpc) is 1.72. The van der Waals surface area contributed by atoms with Crippen LogP contribution in [0.1, 0.15) is 19.3 Å². The predicted molar refractivity (Wildman–Crippen MR) is 41.2 cm³/mol. The van der Waals surface area contributed by atoms with Crippen molar-refractivity contribution in [3.8, 4) is 0 Å². The van der Waals surface area contributed by atoms with Crippen LogP contribution in [-0.4, -0.2) is 24.0 Å². The first-order chi connectivity index (χ1) is 3.00. The third-order valence-electron chi connectivity index (χ3n) is 1.21. The van der Waals surface area contributed by atoms with Crippen LogP contribution in [0.5, 0.6) is 0 Å². The molecule has 0 saturated carbocycles. The Morgan fingerprint density at radius 3 is 1.33 bits per heavy atom. The van der Waals surface area contributed by atoms with Crippen LogP contribution in [0.25, 0.3) is 0 Å². The Morgan fingerprint density at radius 2 is 1.22 bits per heavy atom. The zero-order valence-corrected chi connectivity index (χ0v) is 6.26. The molecule has 1 aliphatic heterocycles. The summed E-state index contributed by atoms with van der Waals surface area (Å²) in [6.07, 6.45) is 4.22. The van der Waals surface area contributed by atoms with Gasteiger partial charge in [0.1, 0.15) is 0 Å². The molecule has 1 fully saturated rings. The van der Waals surface area contributed by atoms with Crippen molar-refractivity contribution in [2.45, 2.75) is 19.3 Å². The van der Waals surface area contributed by atoms with Gasteiger partial charge in [-0.05, 0) is 25.9 Å². The smallest absolute Gasteiger partial charge is 0.00489 e. The van der Waals surface area contributed by atoms with Crippen LogP contribution >= 0.6 is 12.4 Å². The van der Waals surface area contributed by atoms with Gasteiger partial charge in [0.15, 0.2) is 0 Å². The molecule has 0 aliphatic carbocycles. The highest BCUT2D eigenvalue weighted by molar-refractivity contribution is 5.85. The van der Waals surface area contributed by atoms with Gasteiger partial charge in [0.25, 0.3) is 0 Å². The Balaban J connectivity index is -0.000000120. The molecule has 0 unspecified atom stereocenters. The van der Waals surface area contributed by atoms with E-state index < -0.39 is 0 Å². The highest BCUT2D eigenvalue weighted by Gasteiger charge is 1.93. The lowest BCUT2D eigenvalue weighted by atomic mass is 10.2. The Labute approximate surface area is 61.9 Å². The van der Waals surface area contributed by atoms with Crippen molar-refractivity contribution in [3.05, 3.63) is 0 Å². The fourth-order valence-corrected chi connectivity index (χ4v) is 0.802. The summed E-state index contributed by atoms with van der Waals surface area (Å²) >= 11 is 0. The molecule has 3 nitrogen and oxygen atoms in total. The number of hydrogen-bond donors (Lipinski definition) is 1. The maximum absolute atomic E-state index is 3.28. The second-order valence-corrected chi connectivity index (χ2v) is 1.81. The van der Waals surface area contributed by atoms with E-state index in [0.717, 1.165) is 0 Å². The molecule has 1 heterocycles. The molecule has 9 heavy (non-hydrogen) atoms. The molecule has 5 N–H and O–H groups in total. The Kier molecular flexibility index (Phi) is 19.7. The van der Waals surface area contributed by atoms with Crippen molar-refractivity contribution in [1.29, 1.82) is 0 Å². The van der Waals surface area contributed by atoms with E-state index in [1.807, 2.05) is 0 Å². The molecule has 60 valence electrons. The normalized spacial score (nSPS) is 16.0. The van der Waals surface area contributed by atoms with Crippen molar-refractivity contribution in [3.63, 3.8) is 0 Å². The van der Waals surface area contributed by atoms with E-state index in [-0.39, 0.29) is 23.4 Å². The average molecular weight is 158 g/mol. The zero-order valence-electron chi connectivity index (χ0n) is 5.44. The van der Waals surface area contributed by atoms with Crippen LogP contribution in [0, 0.1) is 0 Å². The van der Waals surface area contributed by atoms with Crippen LogP contribution in [0.15, 0.2) is 0 Å². The number of halogens is 1. The van der Waals surface area contributed by atoms with E-state index in [1.165, 1.54) is 32.4 Å². The number of piperidine rings is 1. The zero-order chi connectivity index (χ0) is 4.24. The van der Waals surface area contributed by atoms with Crippen LogP contribution in [-0.2, 0) is 0 Å². The first-order valence-electron chi connectivity index (χ1n) is 2.71. The van der Waals surface area contributed by atoms with Gasteiger partial charge in [-0.15, -0.1) is 12.4 Å². The largest absolute Gasteiger partial charge is 0.412 e. The minimum absolute atomic E-state index is 0. The summed E-state index contributed by atoms with van der Waals surface area (Å²) in [5, 5.41) is 3.28. The fraction of sp³-hybridized carbons (Fsp3) is 1.00. The van der Waals surface area contributed by atoms with Gasteiger partial charge in [-0.25, -0.2) is 0 Å². The number of rotatable bonds is 0. The third kappa shape index (κ3) is 8.17. The standard InChI is InChI=1S/C5H11N.ClH.2H2O/c1-2-4-6-5-3-1;;;/h6H,1-5H2;1H;2*1H2. The van der Waals surface area contributed by atoms with Gasteiger partial charge in [0, 0.05) is 0 Å². The molecule has 4 heteroatoms. The third-order valence-corrected chi connectivity index (χ3v) is 1.21. The molecule has 0 atom stereocenters. The Hall–Kier alpha value is 0.170. The lowest BCUT2D eigenvalue weighted by molar-refractivity contribution is 0.520. The molecule has 0 spiro atoms. The first kappa shape index (κ1) is 16.1. The molecule has 0 aromatic heterocycles. The summed E-state index contributed by atoms with van der Waals surface area (Å²) in [5.74, 6) is 0. The number of hydrogen-bond acceptors (Lipinski definition) is 1. The van der Waals surface area contributed by atoms with Crippen molar-refractivity contribution < 1.29 is 11.0 Å². The topological polar surface area (TPSA) is 75.0 Å². The van der Waals surface area contributed by atoms with Gasteiger partial charge in [0.2, 0.25) is 0 Å². The lowest BCUT2D eigenvalue weighted by Crippen LogP contribution is -2.21. The van der Waals surface area contributed by atoms with Crippen molar-refractivity contribution in [1.82, 2.24) is 5.32 Å². The molecule has 1 aliphatic rings. The maximum atomic E-state index is 3.28. The van der Waals surface area contributed by atoms with Crippen LogP contribution < -0.4 is 5.32 Å². The molecule has 0 radical (unpaired) electrons. The maximum Gasteiger partial charge on any atom is -0.00489 e. The Bertz CT molecular complexity index is 30.4. The molecule has 0 amide bonds. The summed E-state index contributed by atoms with van der Waals surface area (Å²) in [6.45, 7) is 2.50. The van der Waals surface area contributed by atoms with E-state index in [1.54, 1.807) is 0 Å². The summed E-state index contributed by atoms with van der Waals surface area (Å²) in [5.41, 5.74) is 0. The molecule has 1 saturated heterocycles. The molecular weight excluding hydrogens is 142 g/mol. The summed E-state index contributed by atoms with van der Waals surface area (Å²) in [6, 6.07) is 0. The summed E-state index contributed by atoms with van der Waals surface area (Å²) in [7, 11) is 0. The van der Waals surface area contributed by atoms with E-state index >= 15 is 0 Å². The van der Waals surface area contributed by atoms with Gasteiger partial charge < -0.3 is 16.3 Å². The van der Waals surface area contributed by atoms with Gasteiger partial charge in [0.05, 0.1) is 0 Å². The van der Waals surface area contributed by atoms with Gasteiger partial charge in [-0.1, -0.05) is 6.42 Å². The monoisotopic (exact) mass is 157 g/mol. The predicted octanol–water partition coefficient (Wildman–Crippen LogP) is -0.468. The first-order valence-corrected chi connectivity index (χ1v) is 2.71. The second kappa shape index (κ2) is 11.0. The van der Waals surface area contributed by atoms with E-state index in [2.05, 4.69) is 5.32 Å². The van der Waals surface area contributed by atoms with Crippen LogP contribution in [0.3, 0.4) is 0 Å². The second-order valence-electron chi connectivity index (χ2n) is 1.81. The van der Waals surface area contributed by atoms with E-state index in [0.29, 0.717) is 0 Å². The summed E-state index contributed by atoms with van der Waals surface area (Å²) in [4.78, 5) is 0. The molecule has 0 bridgehead atoms. The van der Waals surface area contributed by atoms with E-state index in [9.17, 15) is 0 Å². The highest BCUT2D eigenvalue weighted by atomic mass is 35.5. The number of nitrogens with one attached hydrogen (secondary N) is 1. The highest BCUT2D eigenvalue weighted by Crippen LogP contribution is 1.96. The van der Waals surface area contributed by atoms with Gasteiger partial charge in [-0.3, -0.25) is 0 Å². The van der Waals surface area contributed by atoms with E-state index in [4.69, 9.17) is 0 Å². The van der Waals surface area contributed by atoms with Crippen molar-refractivity contribution in [2.24, 2.45) is 0 Å². The Morgan fingerprint density at radius 1 is 0.778 bits per heavy atom. The van der Waals surface area contributed by atoms with Gasteiger partial charge >= 0.3 is 0 Å². The minimum Gasteiger partial charge on any atom is -0.412 e. The van der Waals surface area contributed by atoms with Gasteiger partial charge in [-0.2, -0.15) is 0 Å².